The van der Waals surface area contributed by atoms with Gasteiger partial charge in [-0.2, -0.15) is 0 Å². The molecule has 5 heteroatoms. The maximum Gasteiger partial charge on any atom is 0.227 e. The molecule has 3 rings (SSSR count). The summed E-state index contributed by atoms with van der Waals surface area (Å²) in [5.41, 5.74) is 3.01. The van der Waals surface area contributed by atoms with Crippen molar-refractivity contribution in [2.45, 2.75) is 6.92 Å². The first-order valence-corrected chi connectivity index (χ1v) is 7.58. The maximum absolute atomic E-state index is 5.32. The molecule has 0 radical (unpaired) electrons. The molecule has 0 aliphatic rings. The Kier molecular flexibility index (Phi) is 3.92. The van der Waals surface area contributed by atoms with Crippen LogP contribution in [0.15, 0.2) is 42.6 Å². The zero-order valence-electron chi connectivity index (χ0n) is 11.7. The van der Waals surface area contributed by atoms with Crippen LogP contribution >= 0.6 is 22.6 Å². The van der Waals surface area contributed by atoms with E-state index in [0.29, 0.717) is 5.95 Å². The van der Waals surface area contributed by atoms with E-state index in [9.17, 15) is 0 Å². The molecule has 0 spiro atoms. The molecule has 0 unspecified atom stereocenters. The van der Waals surface area contributed by atoms with Crippen molar-refractivity contribution in [3.8, 4) is 5.75 Å². The summed E-state index contributed by atoms with van der Waals surface area (Å²) in [6.07, 6.45) is 1.83. The van der Waals surface area contributed by atoms with E-state index in [4.69, 9.17) is 4.74 Å². The zero-order valence-corrected chi connectivity index (χ0v) is 13.9. The predicted octanol–water partition coefficient (Wildman–Crippen LogP) is 4.30. The Morgan fingerprint density at radius 2 is 2.05 bits per heavy atom. The molecular formula is C16H14IN3O. The van der Waals surface area contributed by atoms with Gasteiger partial charge >= 0.3 is 0 Å². The summed E-state index contributed by atoms with van der Waals surface area (Å²) in [6.45, 7) is 2.05. The van der Waals surface area contributed by atoms with Crippen LogP contribution in [0, 0.1) is 10.5 Å². The average Bonchev–Trinajstić information content (AvgIpc) is 2.50. The van der Waals surface area contributed by atoms with Crippen LogP contribution in [-0.4, -0.2) is 17.1 Å². The molecule has 1 heterocycles. The van der Waals surface area contributed by atoms with Gasteiger partial charge in [-0.1, -0.05) is 18.2 Å². The molecule has 0 bridgehead atoms. The fourth-order valence-corrected chi connectivity index (χ4v) is 2.69. The number of halogens is 1. The van der Waals surface area contributed by atoms with E-state index in [1.807, 2.05) is 49.5 Å². The normalized spacial score (nSPS) is 10.6. The van der Waals surface area contributed by atoms with Gasteiger partial charge in [-0.15, -0.1) is 0 Å². The van der Waals surface area contributed by atoms with Crippen LogP contribution in [0.5, 0.6) is 5.75 Å². The van der Waals surface area contributed by atoms with Crippen molar-refractivity contribution in [3.05, 3.63) is 51.7 Å². The number of aromatic nitrogens is 2. The Morgan fingerprint density at radius 3 is 2.86 bits per heavy atom. The molecule has 0 aliphatic carbocycles. The van der Waals surface area contributed by atoms with Crippen LogP contribution in [0.3, 0.4) is 0 Å². The summed E-state index contributed by atoms with van der Waals surface area (Å²) in [4.78, 5) is 8.94. The molecular weight excluding hydrogens is 377 g/mol. The highest BCUT2D eigenvalue weighted by Gasteiger charge is 2.05. The molecule has 106 valence electrons. The number of nitrogens with zero attached hydrogens (tertiary/aromatic N) is 2. The van der Waals surface area contributed by atoms with Crippen LogP contribution in [0.1, 0.15) is 5.56 Å². The minimum absolute atomic E-state index is 0.583. The lowest BCUT2D eigenvalue weighted by molar-refractivity contribution is 0.412. The van der Waals surface area contributed by atoms with Gasteiger partial charge in [0.15, 0.2) is 0 Å². The molecule has 0 fully saturated rings. The van der Waals surface area contributed by atoms with Crippen LogP contribution in [0.25, 0.3) is 10.9 Å². The fourth-order valence-electron chi connectivity index (χ4n) is 2.13. The molecule has 0 saturated carbocycles. The quantitative estimate of drug-likeness (QED) is 0.677. The van der Waals surface area contributed by atoms with Crippen LogP contribution in [0.2, 0.25) is 0 Å². The van der Waals surface area contributed by atoms with Crippen molar-refractivity contribution >= 4 is 45.1 Å². The molecule has 1 N–H and O–H groups in total. The number of rotatable bonds is 3. The zero-order chi connectivity index (χ0) is 14.8. The third-order valence-electron chi connectivity index (χ3n) is 3.22. The Balaban J connectivity index is 1.96. The number of hydrogen-bond donors (Lipinski definition) is 1. The van der Waals surface area contributed by atoms with Gasteiger partial charge in [-0.05, 0) is 47.2 Å². The summed E-state index contributed by atoms with van der Waals surface area (Å²) < 4.78 is 6.39. The van der Waals surface area contributed by atoms with Gasteiger partial charge in [-0.3, -0.25) is 0 Å². The van der Waals surface area contributed by atoms with E-state index in [-0.39, 0.29) is 0 Å². The van der Waals surface area contributed by atoms with Crippen LogP contribution < -0.4 is 10.1 Å². The first-order valence-electron chi connectivity index (χ1n) is 6.50. The Labute approximate surface area is 136 Å². The highest BCUT2D eigenvalue weighted by Crippen LogP contribution is 2.26. The van der Waals surface area contributed by atoms with E-state index in [1.54, 1.807) is 7.11 Å². The van der Waals surface area contributed by atoms with Gasteiger partial charge in [0.05, 0.1) is 16.2 Å². The molecule has 21 heavy (non-hydrogen) atoms. The maximum atomic E-state index is 5.32. The average molecular weight is 391 g/mol. The molecule has 1 aromatic heterocycles. The summed E-state index contributed by atoms with van der Waals surface area (Å²) in [5.74, 6) is 1.41. The predicted molar refractivity (Wildman–Crippen MR) is 93.3 cm³/mol. The van der Waals surface area contributed by atoms with Gasteiger partial charge in [0, 0.05) is 23.3 Å². The smallest absolute Gasteiger partial charge is 0.227 e. The summed E-state index contributed by atoms with van der Waals surface area (Å²) in [5, 5.41) is 4.26. The van der Waals surface area contributed by atoms with Crippen molar-refractivity contribution in [1.29, 1.82) is 0 Å². The van der Waals surface area contributed by atoms with Gasteiger partial charge in [-0.25, -0.2) is 9.97 Å². The van der Waals surface area contributed by atoms with E-state index in [2.05, 4.69) is 37.9 Å². The lowest BCUT2D eigenvalue weighted by atomic mass is 10.1. The van der Waals surface area contributed by atoms with Gasteiger partial charge in [0.1, 0.15) is 5.75 Å². The Hall–Kier alpha value is -1.89. The number of nitrogens with one attached hydrogen (secondary N) is 1. The highest BCUT2D eigenvalue weighted by molar-refractivity contribution is 14.1. The number of fused-ring (bicyclic) bond motifs is 1. The second-order valence-electron chi connectivity index (χ2n) is 4.68. The van der Waals surface area contributed by atoms with Crippen molar-refractivity contribution in [2.75, 3.05) is 12.4 Å². The molecule has 3 aromatic rings. The molecule has 0 saturated heterocycles. The second-order valence-corrected chi connectivity index (χ2v) is 5.84. The number of anilines is 2. The minimum Gasteiger partial charge on any atom is -0.496 e. The molecule has 2 aromatic carbocycles. The SMILES string of the molecule is COc1cc(Nc2ncc3cccc(C)c3n2)ccc1I. The lowest BCUT2D eigenvalue weighted by Crippen LogP contribution is -1.98. The summed E-state index contributed by atoms with van der Waals surface area (Å²) in [7, 11) is 1.66. The third kappa shape index (κ3) is 2.92. The molecule has 4 nitrogen and oxygen atoms in total. The van der Waals surface area contributed by atoms with Gasteiger partial charge < -0.3 is 10.1 Å². The monoisotopic (exact) mass is 391 g/mol. The van der Waals surface area contributed by atoms with E-state index >= 15 is 0 Å². The summed E-state index contributed by atoms with van der Waals surface area (Å²) >= 11 is 2.24. The topological polar surface area (TPSA) is 47.0 Å². The molecule has 0 aliphatic heterocycles. The van der Waals surface area contributed by atoms with Crippen molar-refractivity contribution < 1.29 is 4.74 Å². The standard InChI is InChI=1S/C16H14IN3O/c1-10-4-3-5-11-9-18-16(20-15(10)11)19-12-6-7-13(17)14(8-12)21-2/h3-9H,1-2H3,(H,18,19,20). The van der Waals surface area contributed by atoms with Crippen molar-refractivity contribution in [3.63, 3.8) is 0 Å². The third-order valence-corrected chi connectivity index (χ3v) is 4.11. The van der Waals surface area contributed by atoms with E-state index in [1.165, 1.54) is 0 Å². The van der Waals surface area contributed by atoms with Gasteiger partial charge in [0.25, 0.3) is 0 Å². The van der Waals surface area contributed by atoms with Crippen molar-refractivity contribution in [2.24, 2.45) is 0 Å². The number of para-hydroxylation sites is 1. The Bertz CT molecular complexity index is 805. The fraction of sp³-hybridized carbons (Fsp3) is 0.125. The highest BCUT2D eigenvalue weighted by atomic mass is 127. The minimum atomic E-state index is 0.583. The summed E-state index contributed by atoms with van der Waals surface area (Å²) in [6, 6.07) is 12.0. The Morgan fingerprint density at radius 1 is 1.19 bits per heavy atom. The van der Waals surface area contributed by atoms with E-state index < -0.39 is 0 Å². The number of ether oxygens (including phenoxy) is 1. The number of methoxy groups -OCH3 is 1. The van der Waals surface area contributed by atoms with Crippen LogP contribution in [-0.2, 0) is 0 Å². The largest absolute Gasteiger partial charge is 0.496 e. The van der Waals surface area contributed by atoms with Crippen LogP contribution in [0.4, 0.5) is 11.6 Å². The molecule has 0 atom stereocenters. The number of hydrogen-bond acceptors (Lipinski definition) is 4. The van der Waals surface area contributed by atoms with Gasteiger partial charge in [0.2, 0.25) is 5.95 Å². The second kappa shape index (κ2) is 5.85. The lowest BCUT2D eigenvalue weighted by Gasteiger charge is -2.09. The molecule has 0 amide bonds. The van der Waals surface area contributed by atoms with E-state index in [0.717, 1.165) is 31.5 Å². The number of benzene rings is 2. The number of aryl methyl sites for hydroxylation is 1. The first kappa shape index (κ1) is 14.1. The van der Waals surface area contributed by atoms with Crippen molar-refractivity contribution in [1.82, 2.24) is 9.97 Å². The first-order chi connectivity index (χ1) is 10.2.